The van der Waals surface area contributed by atoms with Gasteiger partial charge in [-0.15, -0.1) is 0 Å². The first kappa shape index (κ1) is 10.9. The summed E-state index contributed by atoms with van der Waals surface area (Å²) in [4.78, 5) is 3.81. The van der Waals surface area contributed by atoms with E-state index < -0.39 is 0 Å². The van der Waals surface area contributed by atoms with Crippen molar-refractivity contribution in [2.45, 2.75) is 13.3 Å². The van der Waals surface area contributed by atoms with E-state index in [1.165, 1.54) is 5.56 Å². The van der Waals surface area contributed by atoms with Gasteiger partial charge in [-0.2, -0.15) is 0 Å². The highest BCUT2D eigenvalue weighted by atomic mass is 32.1. The molecule has 3 heteroatoms. The molecule has 74 valence electrons. The van der Waals surface area contributed by atoms with Crippen LogP contribution < -0.4 is 4.74 Å². The van der Waals surface area contributed by atoms with Gasteiger partial charge in [-0.25, -0.2) is 4.99 Å². The van der Waals surface area contributed by atoms with Gasteiger partial charge in [0.2, 0.25) is 0 Å². The van der Waals surface area contributed by atoms with Gasteiger partial charge in [0.25, 0.3) is 0 Å². The van der Waals surface area contributed by atoms with Crippen molar-refractivity contribution in [3.63, 3.8) is 0 Å². The SMILES string of the molecule is Cc1cccc(OCCCN=C=S)c1. The molecule has 0 heterocycles. The van der Waals surface area contributed by atoms with Crippen LogP contribution in [-0.4, -0.2) is 18.3 Å². The minimum Gasteiger partial charge on any atom is -0.494 e. The maximum Gasteiger partial charge on any atom is 0.119 e. The number of isothiocyanates is 1. The Morgan fingerprint density at radius 3 is 3.07 bits per heavy atom. The molecular formula is C11H13NOS. The number of hydrogen-bond donors (Lipinski definition) is 0. The molecule has 0 saturated heterocycles. The van der Waals surface area contributed by atoms with Gasteiger partial charge in [0.05, 0.1) is 18.3 Å². The fraction of sp³-hybridized carbons (Fsp3) is 0.364. The molecule has 0 saturated carbocycles. The van der Waals surface area contributed by atoms with Gasteiger partial charge < -0.3 is 4.74 Å². The van der Waals surface area contributed by atoms with Crippen LogP contribution in [0.2, 0.25) is 0 Å². The largest absolute Gasteiger partial charge is 0.494 e. The highest BCUT2D eigenvalue weighted by molar-refractivity contribution is 7.78. The number of thiocarbonyl (C=S) groups is 1. The minimum atomic E-state index is 0.671. The molecule has 1 aromatic rings. The third-order valence-corrected chi connectivity index (χ3v) is 1.87. The fourth-order valence-corrected chi connectivity index (χ4v) is 1.18. The van der Waals surface area contributed by atoms with Gasteiger partial charge >= 0.3 is 0 Å². The topological polar surface area (TPSA) is 21.6 Å². The first-order valence-corrected chi connectivity index (χ1v) is 4.97. The molecule has 1 aromatic carbocycles. The Labute approximate surface area is 89.6 Å². The lowest BCUT2D eigenvalue weighted by Gasteiger charge is -2.04. The third kappa shape index (κ3) is 4.17. The van der Waals surface area contributed by atoms with Gasteiger partial charge in [0.15, 0.2) is 0 Å². The van der Waals surface area contributed by atoms with Gasteiger partial charge in [-0.05, 0) is 36.8 Å². The number of aliphatic imine (C=N–C) groups is 1. The van der Waals surface area contributed by atoms with Crippen molar-refractivity contribution in [1.29, 1.82) is 0 Å². The first-order valence-electron chi connectivity index (χ1n) is 4.56. The van der Waals surface area contributed by atoms with Crippen molar-refractivity contribution in [3.8, 4) is 5.75 Å². The van der Waals surface area contributed by atoms with Crippen LogP contribution >= 0.6 is 12.2 Å². The minimum absolute atomic E-state index is 0.671. The Hall–Kier alpha value is -1.18. The van der Waals surface area contributed by atoms with Crippen LogP contribution in [0.3, 0.4) is 0 Å². The molecule has 0 bridgehead atoms. The Morgan fingerprint density at radius 2 is 2.36 bits per heavy atom. The summed E-state index contributed by atoms with van der Waals surface area (Å²) in [7, 11) is 0. The van der Waals surface area contributed by atoms with E-state index in [4.69, 9.17) is 4.74 Å². The van der Waals surface area contributed by atoms with Crippen molar-refractivity contribution in [3.05, 3.63) is 29.8 Å². The Bertz CT molecular complexity index is 332. The monoisotopic (exact) mass is 207 g/mol. The summed E-state index contributed by atoms with van der Waals surface area (Å²) in [5.74, 6) is 0.913. The van der Waals surface area contributed by atoms with Crippen LogP contribution in [0.1, 0.15) is 12.0 Å². The number of nitrogens with zero attached hydrogens (tertiary/aromatic N) is 1. The summed E-state index contributed by atoms with van der Waals surface area (Å²) >= 11 is 4.45. The van der Waals surface area contributed by atoms with Gasteiger partial charge in [-0.1, -0.05) is 12.1 Å². The number of hydrogen-bond acceptors (Lipinski definition) is 3. The standard InChI is InChI=1S/C11H13NOS/c1-10-4-2-5-11(8-10)13-7-3-6-12-9-14/h2,4-5,8H,3,6-7H2,1H3. The van der Waals surface area contributed by atoms with Gasteiger partial charge in [0.1, 0.15) is 5.75 Å². The Kier molecular flexibility index (Phi) is 4.90. The molecule has 2 nitrogen and oxygen atoms in total. The summed E-state index contributed by atoms with van der Waals surface area (Å²) in [6, 6.07) is 8.00. The zero-order valence-corrected chi connectivity index (χ0v) is 9.01. The summed E-state index contributed by atoms with van der Waals surface area (Å²) in [6.45, 7) is 3.41. The Balaban J connectivity index is 2.27. The second kappa shape index (κ2) is 6.30. The molecular weight excluding hydrogens is 194 g/mol. The van der Waals surface area contributed by atoms with Gasteiger partial charge in [0, 0.05) is 6.42 Å². The normalized spacial score (nSPS) is 9.21. The van der Waals surface area contributed by atoms with E-state index >= 15 is 0 Å². The third-order valence-electron chi connectivity index (χ3n) is 1.74. The predicted molar refractivity (Wildman–Crippen MR) is 61.2 cm³/mol. The van der Waals surface area contributed by atoms with E-state index in [9.17, 15) is 0 Å². The van der Waals surface area contributed by atoms with E-state index in [0.717, 1.165) is 12.2 Å². The summed E-state index contributed by atoms with van der Waals surface area (Å²) in [6.07, 6.45) is 0.873. The number of ether oxygens (including phenoxy) is 1. The molecule has 0 amide bonds. The average Bonchev–Trinajstić information content (AvgIpc) is 2.18. The maximum atomic E-state index is 5.51. The zero-order chi connectivity index (χ0) is 10.2. The number of rotatable bonds is 5. The molecule has 0 aromatic heterocycles. The number of aryl methyl sites for hydroxylation is 1. The van der Waals surface area contributed by atoms with Crippen molar-refractivity contribution in [2.24, 2.45) is 4.99 Å². The molecule has 0 fully saturated rings. The average molecular weight is 207 g/mol. The van der Waals surface area contributed by atoms with E-state index in [1.807, 2.05) is 31.2 Å². The molecule has 0 unspecified atom stereocenters. The fourth-order valence-electron chi connectivity index (χ4n) is 1.08. The van der Waals surface area contributed by atoms with Crippen molar-refractivity contribution < 1.29 is 4.74 Å². The highest BCUT2D eigenvalue weighted by Crippen LogP contribution is 2.12. The molecule has 0 aliphatic rings. The molecule has 0 aliphatic carbocycles. The molecule has 14 heavy (non-hydrogen) atoms. The number of benzene rings is 1. The molecule has 0 aliphatic heterocycles. The Morgan fingerprint density at radius 1 is 1.50 bits per heavy atom. The van der Waals surface area contributed by atoms with E-state index in [0.29, 0.717) is 13.2 Å². The van der Waals surface area contributed by atoms with E-state index in [-0.39, 0.29) is 0 Å². The van der Waals surface area contributed by atoms with Crippen LogP contribution in [0.4, 0.5) is 0 Å². The van der Waals surface area contributed by atoms with Crippen LogP contribution in [-0.2, 0) is 0 Å². The maximum absolute atomic E-state index is 5.51. The summed E-state index contributed by atoms with van der Waals surface area (Å²) in [5, 5.41) is 2.33. The van der Waals surface area contributed by atoms with Crippen LogP contribution in [0.25, 0.3) is 0 Å². The second-order valence-corrected chi connectivity index (χ2v) is 3.17. The van der Waals surface area contributed by atoms with Crippen LogP contribution in [0.5, 0.6) is 5.75 Å². The van der Waals surface area contributed by atoms with Crippen molar-refractivity contribution in [1.82, 2.24) is 0 Å². The first-order chi connectivity index (χ1) is 6.83. The lowest BCUT2D eigenvalue weighted by Crippen LogP contribution is -1.98. The van der Waals surface area contributed by atoms with Crippen LogP contribution in [0.15, 0.2) is 29.3 Å². The van der Waals surface area contributed by atoms with Crippen LogP contribution in [0, 0.1) is 6.92 Å². The lowest BCUT2D eigenvalue weighted by molar-refractivity contribution is 0.313. The molecule has 0 radical (unpaired) electrons. The lowest BCUT2D eigenvalue weighted by atomic mass is 10.2. The van der Waals surface area contributed by atoms with E-state index in [2.05, 4.69) is 22.4 Å². The quantitative estimate of drug-likeness (QED) is 0.420. The smallest absolute Gasteiger partial charge is 0.119 e. The zero-order valence-electron chi connectivity index (χ0n) is 8.19. The molecule has 1 rings (SSSR count). The highest BCUT2D eigenvalue weighted by Gasteiger charge is 1.92. The van der Waals surface area contributed by atoms with Gasteiger partial charge in [-0.3, -0.25) is 0 Å². The van der Waals surface area contributed by atoms with Crippen molar-refractivity contribution >= 4 is 17.4 Å². The summed E-state index contributed by atoms with van der Waals surface area (Å²) < 4.78 is 5.51. The van der Waals surface area contributed by atoms with Crippen molar-refractivity contribution in [2.75, 3.05) is 13.2 Å². The molecule has 0 spiro atoms. The molecule has 0 N–H and O–H groups in total. The molecule has 0 atom stereocenters. The summed E-state index contributed by atoms with van der Waals surface area (Å²) in [5.41, 5.74) is 1.21. The van der Waals surface area contributed by atoms with E-state index in [1.54, 1.807) is 0 Å². The predicted octanol–water partition coefficient (Wildman–Crippen LogP) is 2.87. The second-order valence-electron chi connectivity index (χ2n) is 2.99.